The zero-order valence-corrected chi connectivity index (χ0v) is 13.9. The largest absolute Gasteiger partial charge is 0.317 e. The van der Waals surface area contributed by atoms with Crippen molar-refractivity contribution >= 4 is 27.3 Å². The molecule has 1 nitrogen and oxygen atoms in total. The van der Waals surface area contributed by atoms with E-state index < -0.39 is 0 Å². The predicted molar refractivity (Wildman–Crippen MR) is 87.9 cm³/mol. The molecule has 0 aliphatic rings. The van der Waals surface area contributed by atoms with E-state index in [2.05, 4.69) is 39.6 Å². The topological polar surface area (TPSA) is 12.0 Å². The van der Waals surface area contributed by atoms with Crippen molar-refractivity contribution in [2.45, 2.75) is 19.8 Å². The molecule has 0 bridgehead atoms. The van der Waals surface area contributed by atoms with E-state index in [1.807, 2.05) is 12.1 Å². The molecular formula is C16H19BrFNS. The van der Waals surface area contributed by atoms with Crippen molar-refractivity contribution in [3.05, 3.63) is 56.4 Å². The van der Waals surface area contributed by atoms with Crippen LogP contribution in [0.2, 0.25) is 0 Å². The van der Waals surface area contributed by atoms with E-state index in [1.165, 1.54) is 4.88 Å². The minimum absolute atomic E-state index is 0.0960. The molecule has 0 saturated carbocycles. The lowest BCUT2D eigenvalue weighted by molar-refractivity contribution is 0.470. The van der Waals surface area contributed by atoms with E-state index in [0.717, 1.165) is 36.0 Å². The van der Waals surface area contributed by atoms with Crippen LogP contribution < -0.4 is 5.32 Å². The third-order valence-electron chi connectivity index (χ3n) is 3.26. The molecule has 108 valence electrons. The molecule has 0 spiro atoms. The van der Waals surface area contributed by atoms with Gasteiger partial charge in [-0.2, -0.15) is 0 Å². The number of thiophene rings is 1. The van der Waals surface area contributed by atoms with Crippen molar-refractivity contribution in [3.63, 3.8) is 0 Å². The first-order valence-electron chi connectivity index (χ1n) is 6.86. The Bertz CT molecular complexity index is 541. The average Bonchev–Trinajstić information content (AvgIpc) is 2.84. The normalized spacial score (nSPS) is 12.6. The first-order valence-corrected chi connectivity index (χ1v) is 8.53. The summed E-state index contributed by atoms with van der Waals surface area (Å²) in [6.07, 6.45) is 1.76. The zero-order valence-electron chi connectivity index (χ0n) is 11.5. The van der Waals surface area contributed by atoms with E-state index in [0.29, 0.717) is 5.92 Å². The Kier molecular flexibility index (Phi) is 6.20. The van der Waals surface area contributed by atoms with Gasteiger partial charge in [0.1, 0.15) is 5.82 Å². The van der Waals surface area contributed by atoms with Crippen LogP contribution in [-0.2, 0) is 12.8 Å². The van der Waals surface area contributed by atoms with Gasteiger partial charge in [0, 0.05) is 14.7 Å². The highest BCUT2D eigenvalue weighted by Gasteiger charge is 2.14. The summed E-state index contributed by atoms with van der Waals surface area (Å²) < 4.78 is 14.9. The highest BCUT2D eigenvalue weighted by atomic mass is 79.9. The summed E-state index contributed by atoms with van der Waals surface area (Å²) in [7, 11) is 0. The van der Waals surface area contributed by atoms with Crippen LogP contribution in [0.5, 0.6) is 0 Å². The molecule has 0 saturated heterocycles. The molecule has 1 aromatic heterocycles. The number of rotatable bonds is 7. The van der Waals surface area contributed by atoms with Gasteiger partial charge in [-0.05, 0) is 65.5 Å². The Morgan fingerprint density at radius 3 is 2.75 bits per heavy atom. The number of hydrogen-bond donors (Lipinski definition) is 1. The van der Waals surface area contributed by atoms with Crippen LogP contribution in [0.4, 0.5) is 4.39 Å². The third kappa shape index (κ3) is 4.69. The van der Waals surface area contributed by atoms with E-state index in [1.54, 1.807) is 23.5 Å². The lowest BCUT2D eigenvalue weighted by Gasteiger charge is -2.17. The highest BCUT2D eigenvalue weighted by molar-refractivity contribution is 9.10. The first-order chi connectivity index (χ1) is 9.69. The van der Waals surface area contributed by atoms with Crippen LogP contribution in [0, 0.1) is 11.7 Å². The van der Waals surface area contributed by atoms with Crippen LogP contribution in [0.25, 0.3) is 0 Å². The second-order valence-electron chi connectivity index (χ2n) is 4.90. The Morgan fingerprint density at radius 1 is 1.30 bits per heavy atom. The minimum atomic E-state index is -0.0960. The quantitative estimate of drug-likeness (QED) is 0.761. The summed E-state index contributed by atoms with van der Waals surface area (Å²) in [5.74, 6) is 0.318. The maximum absolute atomic E-state index is 13.8. The van der Waals surface area contributed by atoms with Gasteiger partial charge >= 0.3 is 0 Å². The van der Waals surface area contributed by atoms with Crippen LogP contribution in [0.15, 0.2) is 40.2 Å². The molecule has 1 unspecified atom stereocenters. The smallest absolute Gasteiger partial charge is 0.126 e. The lowest BCUT2D eigenvalue weighted by Crippen LogP contribution is -2.25. The Hall–Kier alpha value is -0.710. The summed E-state index contributed by atoms with van der Waals surface area (Å²) >= 11 is 5.25. The minimum Gasteiger partial charge on any atom is -0.317 e. The van der Waals surface area contributed by atoms with E-state index in [9.17, 15) is 4.39 Å². The molecule has 0 radical (unpaired) electrons. The molecule has 1 N–H and O–H groups in total. The van der Waals surface area contributed by atoms with E-state index >= 15 is 0 Å². The van der Waals surface area contributed by atoms with Crippen LogP contribution >= 0.6 is 27.3 Å². The van der Waals surface area contributed by atoms with Gasteiger partial charge in [-0.15, -0.1) is 11.3 Å². The SMILES string of the molecule is CCNCC(Cc1cc(Br)cs1)Cc1ccccc1F. The Balaban J connectivity index is 2.05. The third-order valence-corrected chi connectivity index (χ3v) is 4.98. The van der Waals surface area contributed by atoms with Crippen molar-refractivity contribution in [2.24, 2.45) is 5.92 Å². The molecule has 1 aromatic carbocycles. The number of benzene rings is 1. The molecule has 1 atom stereocenters. The fourth-order valence-electron chi connectivity index (χ4n) is 2.29. The number of halogens is 2. The molecule has 0 fully saturated rings. The molecule has 2 rings (SSSR count). The van der Waals surface area contributed by atoms with Crippen molar-refractivity contribution in [1.82, 2.24) is 5.32 Å². The molecule has 0 amide bonds. The highest BCUT2D eigenvalue weighted by Crippen LogP contribution is 2.24. The van der Waals surface area contributed by atoms with Gasteiger partial charge < -0.3 is 5.32 Å². The van der Waals surface area contributed by atoms with Gasteiger partial charge in [-0.25, -0.2) is 4.39 Å². The maximum Gasteiger partial charge on any atom is 0.126 e. The monoisotopic (exact) mass is 355 g/mol. The molecule has 1 heterocycles. The van der Waals surface area contributed by atoms with Crippen molar-refractivity contribution < 1.29 is 4.39 Å². The lowest BCUT2D eigenvalue weighted by atomic mass is 9.95. The molecule has 20 heavy (non-hydrogen) atoms. The van der Waals surface area contributed by atoms with Crippen LogP contribution in [0.3, 0.4) is 0 Å². The fourth-order valence-corrected chi connectivity index (χ4v) is 3.85. The van der Waals surface area contributed by atoms with Crippen molar-refractivity contribution in [3.8, 4) is 0 Å². The van der Waals surface area contributed by atoms with E-state index in [-0.39, 0.29) is 5.82 Å². The first kappa shape index (κ1) is 15.7. The summed E-state index contributed by atoms with van der Waals surface area (Å²) in [6.45, 7) is 3.96. The van der Waals surface area contributed by atoms with E-state index in [4.69, 9.17) is 0 Å². The number of hydrogen-bond acceptors (Lipinski definition) is 2. The summed E-state index contributed by atoms with van der Waals surface area (Å²) in [6, 6.07) is 9.24. The van der Waals surface area contributed by atoms with Gasteiger partial charge in [0.15, 0.2) is 0 Å². The molecular weight excluding hydrogens is 337 g/mol. The standard InChI is InChI=1S/C16H19BrFNS/c1-2-19-10-12(8-15-9-14(17)11-20-15)7-13-5-3-4-6-16(13)18/h3-6,9,11-12,19H,2,7-8,10H2,1H3. The Labute approximate surface area is 132 Å². The van der Waals surface area contributed by atoms with Gasteiger partial charge in [0.05, 0.1) is 0 Å². The van der Waals surface area contributed by atoms with Gasteiger partial charge in [0.25, 0.3) is 0 Å². The zero-order chi connectivity index (χ0) is 14.4. The van der Waals surface area contributed by atoms with Crippen LogP contribution in [0.1, 0.15) is 17.4 Å². The molecule has 2 aromatic rings. The Morgan fingerprint density at radius 2 is 2.10 bits per heavy atom. The molecule has 4 heteroatoms. The van der Waals surface area contributed by atoms with Gasteiger partial charge in [0.2, 0.25) is 0 Å². The summed E-state index contributed by atoms with van der Waals surface area (Å²) in [4.78, 5) is 1.34. The number of nitrogens with one attached hydrogen (secondary N) is 1. The maximum atomic E-state index is 13.8. The fraction of sp³-hybridized carbons (Fsp3) is 0.375. The summed E-state index contributed by atoms with van der Waals surface area (Å²) in [5.41, 5.74) is 0.811. The average molecular weight is 356 g/mol. The predicted octanol–water partition coefficient (Wildman–Crippen LogP) is 4.66. The van der Waals surface area contributed by atoms with Gasteiger partial charge in [-0.3, -0.25) is 0 Å². The van der Waals surface area contributed by atoms with Crippen LogP contribution in [-0.4, -0.2) is 13.1 Å². The molecule has 0 aliphatic carbocycles. The van der Waals surface area contributed by atoms with Crippen molar-refractivity contribution in [2.75, 3.05) is 13.1 Å². The van der Waals surface area contributed by atoms with Crippen molar-refractivity contribution in [1.29, 1.82) is 0 Å². The second-order valence-corrected chi connectivity index (χ2v) is 6.82. The van der Waals surface area contributed by atoms with Gasteiger partial charge in [-0.1, -0.05) is 25.1 Å². The second kappa shape index (κ2) is 7.91. The summed E-state index contributed by atoms with van der Waals surface area (Å²) in [5, 5.41) is 5.49. The molecule has 0 aliphatic heterocycles.